The van der Waals surface area contributed by atoms with Crippen molar-refractivity contribution in [2.24, 2.45) is 82.3 Å². The Hall–Kier alpha value is -9.15. The Balaban J connectivity index is 0.000000520. The normalized spacial score (nSPS) is 9.70. The highest BCUT2D eigenvalue weighted by atomic mass is 79.9. The summed E-state index contributed by atoms with van der Waals surface area (Å²) < 4.78 is 6.87. The van der Waals surface area contributed by atoms with Gasteiger partial charge >= 0.3 is 30.2 Å². The van der Waals surface area contributed by atoms with E-state index >= 15 is 0 Å². The summed E-state index contributed by atoms with van der Waals surface area (Å²) in [5.41, 5.74) is 61.0. The zero-order valence-electron chi connectivity index (χ0n) is 47.9. The molecule has 0 saturated heterocycles. The molecule has 0 saturated carbocycles. The number of guanidine groups is 5. The van der Waals surface area contributed by atoms with Gasteiger partial charge in [0.05, 0.1) is 40.6 Å². The molecular formula is C54H75Br2ClN20O6. The van der Waals surface area contributed by atoms with Crippen molar-refractivity contribution in [1.29, 1.82) is 0 Å². The number of nitrogens with one attached hydrogen (secondary N) is 2. The summed E-state index contributed by atoms with van der Waals surface area (Å²) in [6.45, 7) is 11.8. The number of amides is 10. The molecule has 0 aliphatic carbocycles. The third kappa shape index (κ3) is 24.2. The molecule has 26 nitrogen and oxygen atoms in total. The molecule has 5 rings (SSSR count). The standard InChI is InChI=1S/C13H20N4O.C12H18N4O2.C11H15BrN4O.C9H11BrN4O.C9H11ClN4O/c1-4-9-7-6-8-10(5-2)11(9)17(3)13(18)16-12(14)15;1-4-8-6-5-7-9(18-3)10(8)16(2)12(17)15-11(13)14;1-3-7-5-4-6-8(12)9(7)16(2)11(17)15-10(13)14;2*1-5-3-2-4-6(10)7(5)13-9(15)14-8(11)12/h6-8H,4-5H2,1-3H3,(H4,14,15,16,18);5-7H,4H2,1-3H3,(H4,13,14,15,17);4-6H,3H2,1-2H3,(H4,13,14,15,17);2*2-4H,1H3,(H5,11,12,13,14,15). The lowest BCUT2D eigenvalue weighted by Gasteiger charge is -2.21. The van der Waals surface area contributed by atoms with Crippen molar-refractivity contribution in [2.45, 2.75) is 67.2 Å². The zero-order valence-corrected chi connectivity index (χ0v) is 51.9. The van der Waals surface area contributed by atoms with Crippen molar-refractivity contribution in [1.82, 2.24) is 0 Å². The number of para-hydroxylation sites is 5. The first-order valence-corrected chi connectivity index (χ1v) is 26.9. The number of hydrogen-bond acceptors (Lipinski definition) is 6. The van der Waals surface area contributed by atoms with Crippen molar-refractivity contribution in [3.8, 4) is 5.75 Å². The lowest BCUT2D eigenvalue weighted by atomic mass is 10.0. The van der Waals surface area contributed by atoms with Crippen LogP contribution in [0.2, 0.25) is 5.02 Å². The first-order chi connectivity index (χ1) is 39.0. The van der Waals surface area contributed by atoms with Gasteiger partial charge in [0.25, 0.3) is 0 Å². The largest absolute Gasteiger partial charge is 0.495 e. The number of aryl methyl sites for hydroxylation is 6. The predicted molar refractivity (Wildman–Crippen MR) is 345 cm³/mol. The highest BCUT2D eigenvalue weighted by Crippen LogP contribution is 2.33. The van der Waals surface area contributed by atoms with E-state index in [9.17, 15) is 24.0 Å². The molecular weight excluding hydrogens is 1220 g/mol. The summed E-state index contributed by atoms with van der Waals surface area (Å²) in [7, 11) is 6.47. The molecule has 0 unspecified atom stereocenters. The van der Waals surface area contributed by atoms with Crippen LogP contribution in [0.15, 0.2) is 125 Å². The van der Waals surface area contributed by atoms with Crippen LogP contribution < -0.4 is 87.4 Å². The Kier molecular flexibility index (Phi) is 31.4. The van der Waals surface area contributed by atoms with Crippen molar-refractivity contribution in [3.63, 3.8) is 0 Å². The molecule has 0 fully saturated rings. The number of ether oxygens (including phenoxy) is 1. The van der Waals surface area contributed by atoms with Crippen LogP contribution in [0.1, 0.15) is 61.1 Å². The number of nitrogens with zero attached hydrogens (tertiary/aromatic N) is 8. The van der Waals surface area contributed by atoms with Gasteiger partial charge in [0, 0.05) is 30.1 Å². The van der Waals surface area contributed by atoms with E-state index in [1.165, 1.54) is 14.7 Å². The maximum Gasteiger partial charge on any atom is 0.351 e. The molecule has 0 aliphatic rings. The van der Waals surface area contributed by atoms with Gasteiger partial charge in [-0.3, -0.25) is 14.7 Å². The fourth-order valence-electron chi connectivity index (χ4n) is 7.19. The molecule has 448 valence electrons. The van der Waals surface area contributed by atoms with Crippen LogP contribution in [0.3, 0.4) is 0 Å². The fourth-order valence-corrected chi connectivity index (χ4v) is 8.70. The second-order valence-electron chi connectivity index (χ2n) is 17.0. The summed E-state index contributed by atoms with van der Waals surface area (Å²) >= 11 is 12.6. The number of urea groups is 5. The minimum Gasteiger partial charge on any atom is -0.495 e. The number of aliphatic imine (C=N–C) groups is 5. The second-order valence-corrected chi connectivity index (χ2v) is 19.1. The van der Waals surface area contributed by atoms with Crippen molar-refractivity contribution >= 4 is 132 Å². The smallest absolute Gasteiger partial charge is 0.351 e. The van der Waals surface area contributed by atoms with Gasteiger partial charge in [-0.1, -0.05) is 106 Å². The van der Waals surface area contributed by atoms with E-state index in [4.69, 9.17) is 73.7 Å². The van der Waals surface area contributed by atoms with Crippen molar-refractivity contribution in [2.75, 3.05) is 53.6 Å². The summed E-state index contributed by atoms with van der Waals surface area (Å²) in [6.07, 6.45) is 3.28. The van der Waals surface area contributed by atoms with Gasteiger partial charge in [-0.05, 0) is 129 Å². The summed E-state index contributed by atoms with van der Waals surface area (Å²) in [5, 5.41) is 5.51. The molecule has 83 heavy (non-hydrogen) atoms. The lowest BCUT2D eigenvalue weighted by Crippen LogP contribution is -2.31. The number of hydrogen-bond donors (Lipinski definition) is 12. The highest BCUT2D eigenvalue weighted by molar-refractivity contribution is 9.11. The molecule has 0 aromatic heterocycles. The SMILES string of the molecule is CCc1cccc(Br)c1N(C)C(=O)N=C(N)N.CCc1cccc(CC)c1N(C)C(=O)N=C(N)N.CCc1cccc(OC)c1N(C)C(=O)N=C(N)N.Cc1cccc(Br)c1NC(=O)N=C(N)N.Cc1cccc(Cl)c1NC(=O)N=C(N)N. The van der Waals surface area contributed by atoms with Crippen LogP contribution in [0.4, 0.5) is 52.4 Å². The third-order valence-electron chi connectivity index (χ3n) is 11.0. The molecule has 29 heteroatoms. The van der Waals surface area contributed by atoms with E-state index in [1.807, 2.05) is 100 Å². The van der Waals surface area contributed by atoms with E-state index in [1.54, 1.807) is 46.5 Å². The number of benzene rings is 5. The van der Waals surface area contributed by atoms with Crippen LogP contribution in [-0.2, 0) is 25.7 Å². The van der Waals surface area contributed by atoms with Gasteiger partial charge in [0.1, 0.15) is 5.75 Å². The van der Waals surface area contributed by atoms with Crippen LogP contribution >= 0.6 is 43.5 Å². The number of anilines is 5. The minimum atomic E-state index is -0.647. The summed E-state index contributed by atoms with van der Waals surface area (Å²) in [4.78, 5) is 79.4. The first kappa shape index (κ1) is 71.9. The number of carbonyl (C=O) groups is 5. The van der Waals surface area contributed by atoms with Gasteiger partial charge in [-0.2, -0.15) is 25.0 Å². The topological polar surface area (TPSA) is 450 Å². The maximum atomic E-state index is 11.9. The van der Waals surface area contributed by atoms with Gasteiger partial charge in [-0.15, -0.1) is 0 Å². The number of carbonyl (C=O) groups excluding carboxylic acids is 5. The lowest BCUT2D eigenvalue weighted by molar-refractivity contribution is 0.254. The molecule has 0 heterocycles. The maximum absolute atomic E-state index is 11.9. The first-order valence-electron chi connectivity index (χ1n) is 25.0. The molecule has 22 N–H and O–H groups in total. The van der Waals surface area contributed by atoms with Crippen LogP contribution in [0.25, 0.3) is 0 Å². The zero-order chi connectivity index (χ0) is 63.3. The van der Waals surface area contributed by atoms with E-state index < -0.39 is 30.2 Å². The van der Waals surface area contributed by atoms with Crippen molar-refractivity contribution < 1.29 is 28.7 Å². The fraction of sp³-hybridized carbons (Fsp3) is 0.259. The molecule has 0 bridgehead atoms. The molecule has 0 aliphatic heterocycles. The molecule has 0 radical (unpaired) electrons. The number of methoxy groups -OCH3 is 1. The summed E-state index contributed by atoms with van der Waals surface area (Å²) in [5.74, 6) is -0.684. The van der Waals surface area contributed by atoms with E-state index in [0.717, 1.165) is 79.4 Å². The van der Waals surface area contributed by atoms with E-state index in [0.29, 0.717) is 27.8 Å². The van der Waals surface area contributed by atoms with E-state index in [-0.39, 0.29) is 29.8 Å². The molecule has 0 spiro atoms. The molecule has 0 atom stereocenters. The minimum absolute atomic E-state index is 0.223. The molecule has 5 aromatic rings. The molecule has 5 aromatic carbocycles. The van der Waals surface area contributed by atoms with Crippen LogP contribution in [0, 0.1) is 13.8 Å². The van der Waals surface area contributed by atoms with Crippen molar-refractivity contribution in [3.05, 3.63) is 138 Å². The van der Waals surface area contributed by atoms with Gasteiger partial charge in [-0.25, -0.2) is 24.0 Å². The Morgan fingerprint density at radius 2 is 0.771 bits per heavy atom. The quantitative estimate of drug-likeness (QED) is 0.0473. The van der Waals surface area contributed by atoms with E-state index in [2.05, 4.69) is 81.3 Å². The third-order valence-corrected chi connectivity index (χ3v) is 12.6. The average molecular weight is 1300 g/mol. The summed E-state index contributed by atoms with van der Waals surface area (Å²) in [6, 6.07) is 25.5. The Morgan fingerprint density at radius 1 is 0.458 bits per heavy atom. The highest BCUT2D eigenvalue weighted by Gasteiger charge is 2.20. The average Bonchev–Trinajstić information content (AvgIpc) is 3.50. The Labute approximate surface area is 505 Å². The Morgan fingerprint density at radius 3 is 1.16 bits per heavy atom. The van der Waals surface area contributed by atoms with Crippen LogP contribution in [0.5, 0.6) is 5.75 Å². The number of halogens is 3. The Bertz CT molecular complexity index is 2940. The van der Waals surface area contributed by atoms with Crippen LogP contribution in [-0.4, -0.2) is 88.2 Å². The van der Waals surface area contributed by atoms with Gasteiger partial charge < -0.3 is 72.7 Å². The van der Waals surface area contributed by atoms with Gasteiger partial charge in [0.15, 0.2) is 29.8 Å². The number of nitrogens with two attached hydrogens (primary N) is 10. The number of rotatable bonds is 10. The van der Waals surface area contributed by atoms with Gasteiger partial charge in [0.2, 0.25) is 0 Å². The monoisotopic (exact) mass is 1290 g/mol. The predicted octanol–water partition coefficient (Wildman–Crippen LogP) is 7.59. The molecule has 10 amide bonds. The second kappa shape index (κ2) is 36.3.